The van der Waals surface area contributed by atoms with Gasteiger partial charge in [0.2, 0.25) is 29.5 Å². The Balaban J connectivity index is 0.856. The lowest BCUT2D eigenvalue weighted by Gasteiger charge is -2.40. The van der Waals surface area contributed by atoms with E-state index in [0.29, 0.717) is 56.5 Å². The number of benzene rings is 4. The van der Waals surface area contributed by atoms with Crippen LogP contribution in [-0.2, 0) is 51.6 Å². The third-order valence-corrected chi connectivity index (χ3v) is 20.2. The summed E-state index contributed by atoms with van der Waals surface area (Å²) in [6, 6.07) is 23.0. The van der Waals surface area contributed by atoms with E-state index < -0.39 is 78.1 Å². The quantitative estimate of drug-likeness (QED) is 0.0392. The molecule has 4 aliphatic rings. The number of nitrogens with zero attached hydrogens (tertiary/aromatic N) is 5. The standard InChI is InChI=1S/C63H75F2N8O11PS/c1-7-31-83-61(79)38(2)68-85(81,84-43-16-12-9-13-17-43)56(65)44-19-22-50-45(53(44)64)35-51(86-50)58(76)67-55(63(3,4)5)60(78)72-29-26-42(54(72)59(77)71-30-32-82-49(37-71)41-14-10-8-11-15-41)33-39-24-27-70(28-25-39)36-40-18-20-46-48(34-40)69(6)62(80)73(46)47-21-23-52(74)66-57(47)75/h8-20,22,34-35,38-39,42,47,49,54-56H,7,21,23-33,36-37H2,1-6H3,(H,67,76)(H,68,81)(H,66,74,75)/t38-,42-,47?,49-,54-,55+,56?,85?/m0/s1. The van der Waals surface area contributed by atoms with Crippen molar-refractivity contribution in [1.82, 2.24) is 39.6 Å². The summed E-state index contributed by atoms with van der Waals surface area (Å²) in [4.78, 5) is 102. The van der Waals surface area contributed by atoms with E-state index in [2.05, 4.69) is 20.6 Å². The number of ether oxygens (including phenoxy) is 2. The predicted octanol–water partition coefficient (Wildman–Crippen LogP) is 9.11. The number of carbonyl (C=O) groups excluding carboxylic acids is 6. The van der Waals surface area contributed by atoms with Gasteiger partial charge >= 0.3 is 19.2 Å². The first kappa shape index (κ1) is 62.0. The summed E-state index contributed by atoms with van der Waals surface area (Å²) >= 11 is 0.932. The SMILES string of the molecule is CCCOC(=O)[C@H](C)NP(=O)(Oc1ccccc1)C(F)c1ccc2sc(C(=O)N[C@H](C(=O)N3CC[C@@H](CC4CCN(Cc5ccc6c(c5)n(C)c(=O)n6C5CCC(=O)NC5=O)CC4)[C@H]3C(=O)N3CCO[C@H](c4ccccc4)C3)C(C)(C)C)cc2c1F. The molecule has 19 nitrogen and oxygen atoms in total. The van der Waals surface area contributed by atoms with Gasteiger partial charge in [-0.25, -0.2) is 18.7 Å². The molecule has 86 heavy (non-hydrogen) atoms. The van der Waals surface area contributed by atoms with Crippen LogP contribution in [0, 0.1) is 23.1 Å². The number of esters is 1. The zero-order chi connectivity index (χ0) is 61.2. The Hall–Kier alpha value is -7.10. The number of piperidine rings is 2. The number of alkyl halides is 1. The topological polar surface area (TPSA) is 220 Å². The molecule has 3 unspecified atom stereocenters. The number of halogens is 2. The van der Waals surface area contributed by atoms with E-state index in [1.165, 1.54) is 40.3 Å². The number of nitrogens with one attached hydrogen (secondary N) is 3. The van der Waals surface area contributed by atoms with Gasteiger partial charge in [0, 0.05) is 48.8 Å². The maximum absolute atomic E-state index is 16.9. The first-order valence-electron chi connectivity index (χ1n) is 29.6. The molecule has 458 valence electrons. The van der Waals surface area contributed by atoms with Crippen LogP contribution in [0.5, 0.6) is 5.75 Å². The predicted molar refractivity (Wildman–Crippen MR) is 321 cm³/mol. The van der Waals surface area contributed by atoms with Gasteiger partial charge in [-0.15, -0.1) is 11.3 Å². The second kappa shape index (κ2) is 26.1. The number of imidazole rings is 1. The van der Waals surface area contributed by atoms with Crippen LogP contribution in [0.25, 0.3) is 21.1 Å². The summed E-state index contributed by atoms with van der Waals surface area (Å²) in [5.74, 6) is -6.59. The number of fused-ring (bicyclic) bond motifs is 2. The number of thiophene rings is 1. The summed E-state index contributed by atoms with van der Waals surface area (Å²) < 4.78 is 68.6. The van der Waals surface area contributed by atoms with Crippen LogP contribution in [0.3, 0.4) is 0 Å². The molecule has 4 aliphatic heterocycles. The number of imide groups is 1. The summed E-state index contributed by atoms with van der Waals surface area (Å²) in [6.07, 6.45) is 3.50. The second-order valence-corrected chi connectivity index (χ2v) is 27.3. The van der Waals surface area contributed by atoms with Crippen molar-refractivity contribution in [2.24, 2.45) is 24.3 Å². The van der Waals surface area contributed by atoms with Crippen molar-refractivity contribution in [1.29, 1.82) is 0 Å². The molecule has 6 aromatic rings. The first-order chi connectivity index (χ1) is 41.1. The highest BCUT2D eigenvalue weighted by Crippen LogP contribution is 2.58. The third-order valence-electron chi connectivity index (χ3n) is 17.0. The molecular weight excluding hydrogens is 1150 g/mol. The van der Waals surface area contributed by atoms with Crippen LogP contribution < -0.4 is 25.9 Å². The number of hydrogen-bond acceptors (Lipinski definition) is 13. The highest BCUT2D eigenvalue weighted by atomic mass is 32.1. The molecule has 8 atom stereocenters. The Kier molecular flexibility index (Phi) is 18.8. The van der Waals surface area contributed by atoms with Crippen LogP contribution in [-0.4, -0.2) is 123 Å². The molecule has 0 spiro atoms. The van der Waals surface area contributed by atoms with Crippen LogP contribution in [0.1, 0.15) is 124 Å². The zero-order valence-electron chi connectivity index (χ0n) is 49.3. The summed E-state index contributed by atoms with van der Waals surface area (Å²) in [6.45, 7) is 12.1. The molecule has 0 aliphatic carbocycles. The average Bonchev–Trinajstić information content (AvgIpc) is 2.34. The molecule has 4 saturated heterocycles. The Morgan fingerprint density at radius 2 is 1.62 bits per heavy atom. The Bertz CT molecular complexity index is 3620. The Morgan fingerprint density at radius 3 is 2.31 bits per heavy atom. The summed E-state index contributed by atoms with van der Waals surface area (Å²) in [7, 11) is -3.11. The number of morpholine rings is 1. The number of aryl methyl sites for hydroxylation is 1. The first-order valence-corrected chi connectivity index (χ1v) is 32.1. The fraction of sp³-hybridized carbons (Fsp3) is 0.476. The van der Waals surface area contributed by atoms with Gasteiger partial charge in [-0.1, -0.05) is 88.4 Å². The van der Waals surface area contributed by atoms with Crippen molar-refractivity contribution >= 4 is 75.5 Å². The number of carbonyl (C=O) groups is 6. The van der Waals surface area contributed by atoms with Gasteiger partial charge < -0.3 is 29.1 Å². The normalized spacial score (nSPS) is 21.6. The van der Waals surface area contributed by atoms with Crippen molar-refractivity contribution < 1.29 is 56.1 Å². The number of rotatable bonds is 19. The molecule has 6 heterocycles. The van der Waals surface area contributed by atoms with Gasteiger partial charge in [-0.3, -0.25) is 52.7 Å². The molecule has 23 heteroatoms. The Labute approximate surface area is 502 Å². The lowest BCUT2D eigenvalue weighted by Crippen LogP contribution is -2.59. The molecule has 2 aromatic heterocycles. The molecule has 4 fully saturated rings. The van der Waals surface area contributed by atoms with E-state index in [1.807, 2.05) is 69.3 Å². The van der Waals surface area contributed by atoms with Crippen LogP contribution in [0.4, 0.5) is 8.78 Å². The smallest absolute Gasteiger partial charge is 0.355 e. The minimum absolute atomic E-state index is 0.0116. The molecule has 5 amide bonds. The number of aromatic nitrogens is 2. The fourth-order valence-corrected chi connectivity index (χ4v) is 15.3. The number of amides is 5. The lowest BCUT2D eigenvalue weighted by molar-refractivity contribution is -0.152. The van der Waals surface area contributed by atoms with E-state index in [9.17, 15) is 28.5 Å². The number of hydrogen-bond donors (Lipinski definition) is 3. The molecular formula is C63H75F2N8O11PS. The zero-order valence-corrected chi connectivity index (χ0v) is 51.0. The van der Waals surface area contributed by atoms with Gasteiger partial charge in [0.15, 0.2) is 0 Å². The van der Waals surface area contributed by atoms with Crippen molar-refractivity contribution in [3.63, 3.8) is 0 Å². The van der Waals surface area contributed by atoms with Gasteiger partial charge in [-0.2, -0.15) is 0 Å². The van der Waals surface area contributed by atoms with Crippen LogP contribution >= 0.6 is 18.9 Å². The monoisotopic (exact) mass is 1220 g/mol. The van der Waals surface area contributed by atoms with E-state index in [-0.39, 0.29) is 82.1 Å². The summed E-state index contributed by atoms with van der Waals surface area (Å²) in [5, 5.41) is 7.66. The van der Waals surface area contributed by atoms with Crippen molar-refractivity contribution in [2.45, 2.75) is 122 Å². The van der Waals surface area contributed by atoms with Crippen molar-refractivity contribution in [2.75, 3.05) is 45.9 Å². The Morgan fingerprint density at radius 1 is 0.895 bits per heavy atom. The minimum Gasteiger partial charge on any atom is -0.465 e. The maximum Gasteiger partial charge on any atom is 0.355 e. The fourth-order valence-electron chi connectivity index (χ4n) is 12.4. The molecule has 0 bridgehead atoms. The second-order valence-electron chi connectivity index (χ2n) is 24.2. The number of para-hydroxylation sites is 1. The maximum atomic E-state index is 16.9. The lowest BCUT2D eigenvalue weighted by atomic mass is 9.82. The molecule has 3 N–H and O–H groups in total. The van der Waals surface area contributed by atoms with Crippen molar-refractivity contribution in [3.8, 4) is 5.75 Å². The van der Waals surface area contributed by atoms with Crippen molar-refractivity contribution in [3.05, 3.63) is 135 Å². The average molecular weight is 1220 g/mol. The number of likely N-dealkylation sites (tertiary alicyclic amines) is 2. The van der Waals surface area contributed by atoms with Crippen LogP contribution in [0.2, 0.25) is 0 Å². The minimum atomic E-state index is -4.79. The van der Waals surface area contributed by atoms with Gasteiger partial charge in [0.1, 0.15) is 41.8 Å². The highest BCUT2D eigenvalue weighted by molar-refractivity contribution is 7.57. The molecule has 0 saturated carbocycles. The summed E-state index contributed by atoms with van der Waals surface area (Å²) in [5.41, 5.74) is 1.42. The van der Waals surface area contributed by atoms with E-state index >= 15 is 18.4 Å². The van der Waals surface area contributed by atoms with Gasteiger partial charge in [0.05, 0.1) is 35.7 Å². The van der Waals surface area contributed by atoms with Crippen LogP contribution in [0.15, 0.2) is 102 Å². The van der Waals surface area contributed by atoms with Gasteiger partial charge in [0.25, 0.3) is 5.91 Å². The highest BCUT2D eigenvalue weighted by Gasteiger charge is 2.49. The van der Waals surface area contributed by atoms with Gasteiger partial charge in [-0.05, 0) is 123 Å². The van der Waals surface area contributed by atoms with E-state index in [4.69, 9.17) is 14.0 Å². The molecule has 10 rings (SSSR count). The molecule has 0 radical (unpaired) electrons. The third kappa shape index (κ3) is 13.2. The molecule has 4 aromatic carbocycles. The van der Waals surface area contributed by atoms with E-state index in [1.54, 1.807) is 42.0 Å². The largest absolute Gasteiger partial charge is 0.465 e. The van der Waals surface area contributed by atoms with E-state index in [0.717, 1.165) is 54.5 Å².